The number of rotatable bonds is 8. The van der Waals surface area contributed by atoms with Crippen molar-refractivity contribution in [3.63, 3.8) is 0 Å². The molecule has 0 radical (unpaired) electrons. The number of benzene rings is 1. The highest BCUT2D eigenvalue weighted by atomic mass is 19.1. The number of carbonyl (C=O) groups excluding carboxylic acids is 1. The van der Waals surface area contributed by atoms with E-state index in [9.17, 15) is 9.18 Å². The molecule has 0 bridgehead atoms. The summed E-state index contributed by atoms with van der Waals surface area (Å²) in [5.74, 6) is 0.800. The Kier molecular flexibility index (Phi) is 5.80. The fourth-order valence-corrected chi connectivity index (χ4v) is 3.84. The van der Waals surface area contributed by atoms with Crippen LogP contribution in [0, 0.1) is 5.82 Å². The second-order valence-electron chi connectivity index (χ2n) is 8.18. The standard InChI is InChI=1S/C21H27FN6O2/c1-12(2)18-16-6-4-7-17(22)19(16)28(26-18)21-25-20(30-27-21)14-10-15(11-14)24-9-5-8-23-13(3)29/h4,6-7,12,14-15,24H,5,8-11H2,1-3H3,(H,23,29). The van der Waals surface area contributed by atoms with Gasteiger partial charge in [-0.25, -0.2) is 4.39 Å². The number of nitrogens with zero attached hydrogens (tertiary/aromatic N) is 4. The predicted octanol–water partition coefficient (Wildman–Crippen LogP) is 3.03. The molecule has 4 rings (SSSR count). The molecule has 2 aromatic heterocycles. The van der Waals surface area contributed by atoms with Crippen molar-refractivity contribution in [3.05, 3.63) is 35.6 Å². The first-order valence-corrected chi connectivity index (χ1v) is 10.4. The third-order valence-electron chi connectivity index (χ3n) is 5.50. The van der Waals surface area contributed by atoms with Gasteiger partial charge in [0.25, 0.3) is 5.95 Å². The van der Waals surface area contributed by atoms with Crippen molar-refractivity contribution in [1.29, 1.82) is 0 Å². The number of nitrogens with one attached hydrogen (secondary N) is 2. The van der Waals surface area contributed by atoms with Crippen LogP contribution in [0.3, 0.4) is 0 Å². The van der Waals surface area contributed by atoms with Gasteiger partial charge in [-0.15, -0.1) is 0 Å². The first-order valence-electron chi connectivity index (χ1n) is 10.4. The van der Waals surface area contributed by atoms with Gasteiger partial charge in [-0.2, -0.15) is 14.8 Å². The van der Waals surface area contributed by atoms with E-state index in [1.807, 2.05) is 19.9 Å². The number of amides is 1. The van der Waals surface area contributed by atoms with Crippen LogP contribution in [-0.4, -0.2) is 45.0 Å². The lowest BCUT2D eigenvalue weighted by Gasteiger charge is -2.33. The highest BCUT2D eigenvalue weighted by Gasteiger charge is 2.34. The van der Waals surface area contributed by atoms with E-state index in [0.29, 0.717) is 24.0 Å². The number of fused-ring (bicyclic) bond motifs is 1. The van der Waals surface area contributed by atoms with Crippen molar-refractivity contribution >= 4 is 16.8 Å². The Bertz CT molecular complexity index is 1040. The summed E-state index contributed by atoms with van der Waals surface area (Å²) < 4.78 is 21.5. The molecule has 2 heterocycles. The first-order chi connectivity index (χ1) is 14.4. The Morgan fingerprint density at radius 1 is 1.33 bits per heavy atom. The Morgan fingerprint density at radius 2 is 2.13 bits per heavy atom. The molecule has 1 saturated carbocycles. The van der Waals surface area contributed by atoms with E-state index in [1.54, 1.807) is 6.07 Å². The van der Waals surface area contributed by atoms with Crippen molar-refractivity contribution in [1.82, 2.24) is 30.6 Å². The van der Waals surface area contributed by atoms with E-state index < -0.39 is 0 Å². The third-order valence-corrected chi connectivity index (χ3v) is 5.50. The van der Waals surface area contributed by atoms with E-state index >= 15 is 0 Å². The molecule has 9 heteroatoms. The maximum atomic E-state index is 14.5. The lowest BCUT2D eigenvalue weighted by molar-refractivity contribution is -0.118. The second-order valence-corrected chi connectivity index (χ2v) is 8.18. The molecule has 0 unspecified atom stereocenters. The summed E-state index contributed by atoms with van der Waals surface area (Å²) in [7, 11) is 0. The van der Waals surface area contributed by atoms with Gasteiger partial charge in [0, 0.05) is 30.8 Å². The summed E-state index contributed by atoms with van der Waals surface area (Å²) in [4.78, 5) is 15.4. The average molecular weight is 414 g/mol. The van der Waals surface area contributed by atoms with E-state index in [4.69, 9.17) is 4.52 Å². The van der Waals surface area contributed by atoms with Gasteiger partial charge in [-0.05, 0) is 42.9 Å². The van der Waals surface area contributed by atoms with Gasteiger partial charge in [0.05, 0.1) is 5.69 Å². The zero-order chi connectivity index (χ0) is 21.3. The smallest absolute Gasteiger partial charge is 0.291 e. The van der Waals surface area contributed by atoms with Gasteiger partial charge in [-0.3, -0.25) is 4.79 Å². The zero-order valence-electron chi connectivity index (χ0n) is 17.5. The van der Waals surface area contributed by atoms with Crippen LogP contribution in [0.2, 0.25) is 0 Å². The fourth-order valence-electron chi connectivity index (χ4n) is 3.84. The predicted molar refractivity (Wildman–Crippen MR) is 110 cm³/mol. The van der Waals surface area contributed by atoms with Crippen LogP contribution < -0.4 is 10.6 Å². The molecule has 1 amide bonds. The van der Waals surface area contributed by atoms with Crippen molar-refractivity contribution < 1.29 is 13.7 Å². The van der Waals surface area contributed by atoms with Gasteiger partial charge in [0.1, 0.15) is 11.3 Å². The second kappa shape index (κ2) is 8.51. The van der Waals surface area contributed by atoms with Crippen LogP contribution >= 0.6 is 0 Å². The number of aromatic nitrogens is 4. The van der Waals surface area contributed by atoms with Gasteiger partial charge in [0.2, 0.25) is 11.8 Å². The molecule has 1 aliphatic carbocycles. The molecule has 1 fully saturated rings. The van der Waals surface area contributed by atoms with E-state index in [1.165, 1.54) is 17.7 Å². The monoisotopic (exact) mass is 414 g/mol. The molecular weight excluding hydrogens is 387 g/mol. The summed E-state index contributed by atoms with van der Waals surface area (Å²) in [5, 5.41) is 15.7. The summed E-state index contributed by atoms with van der Waals surface area (Å²) in [6.07, 6.45) is 2.71. The molecule has 0 spiro atoms. The molecule has 0 saturated heterocycles. The summed E-state index contributed by atoms with van der Waals surface area (Å²) in [5.41, 5.74) is 1.18. The van der Waals surface area contributed by atoms with E-state index in [2.05, 4.69) is 25.9 Å². The summed E-state index contributed by atoms with van der Waals surface area (Å²) in [6.45, 7) is 7.10. The van der Waals surface area contributed by atoms with Crippen LogP contribution in [0.5, 0.6) is 0 Å². The molecule has 3 aromatic rings. The molecule has 0 aliphatic heterocycles. The molecule has 30 heavy (non-hydrogen) atoms. The molecular formula is C21H27FN6O2. The van der Waals surface area contributed by atoms with Crippen LogP contribution in [-0.2, 0) is 4.79 Å². The minimum atomic E-state index is -0.356. The van der Waals surface area contributed by atoms with Gasteiger partial charge < -0.3 is 15.2 Å². The topological polar surface area (TPSA) is 97.9 Å². The van der Waals surface area contributed by atoms with Crippen molar-refractivity contribution in [3.8, 4) is 5.95 Å². The van der Waals surface area contributed by atoms with Gasteiger partial charge >= 0.3 is 0 Å². The highest BCUT2D eigenvalue weighted by molar-refractivity contribution is 5.84. The van der Waals surface area contributed by atoms with Crippen molar-refractivity contribution in [2.24, 2.45) is 0 Å². The molecule has 8 nitrogen and oxygen atoms in total. The van der Waals surface area contributed by atoms with Crippen LogP contribution in [0.1, 0.15) is 63.5 Å². The van der Waals surface area contributed by atoms with Gasteiger partial charge in [-0.1, -0.05) is 26.0 Å². The molecule has 0 atom stereocenters. The van der Waals surface area contributed by atoms with Crippen LogP contribution in [0.25, 0.3) is 16.9 Å². The minimum absolute atomic E-state index is 0.00346. The van der Waals surface area contributed by atoms with E-state index in [-0.39, 0.29) is 29.5 Å². The van der Waals surface area contributed by atoms with E-state index in [0.717, 1.165) is 36.9 Å². The molecule has 2 N–H and O–H groups in total. The third kappa shape index (κ3) is 4.07. The largest absolute Gasteiger partial charge is 0.356 e. The molecule has 1 aliphatic rings. The van der Waals surface area contributed by atoms with Crippen LogP contribution in [0.15, 0.2) is 22.7 Å². The van der Waals surface area contributed by atoms with Crippen molar-refractivity contribution in [2.75, 3.05) is 13.1 Å². The maximum absolute atomic E-state index is 14.5. The highest BCUT2D eigenvalue weighted by Crippen LogP contribution is 2.36. The number of hydrogen-bond acceptors (Lipinski definition) is 6. The summed E-state index contributed by atoms with van der Waals surface area (Å²) >= 11 is 0. The summed E-state index contributed by atoms with van der Waals surface area (Å²) in [6, 6.07) is 5.37. The zero-order valence-corrected chi connectivity index (χ0v) is 17.5. The normalized spacial score (nSPS) is 18.7. The minimum Gasteiger partial charge on any atom is -0.356 e. The Balaban J connectivity index is 1.41. The number of hydrogen-bond donors (Lipinski definition) is 2. The Hall–Kier alpha value is -2.81. The molecule has 160 valence electrons. The molecule has 1 aromatic carbocycles. The lowest BCUT2D eigenvalue weighted by Crippen LogP contribution is -2.41. The average Bonchev–Trinajstić information content (AvgIpc) is 3.28. The van der Waals surface area contributed by atoms with Crippen molar-refractivity contribution in [2.45, 2.75) is 57.9 Å². The van der Waals surface area contributed by atoms with Gasteiger partial charge in [0.15, 0.2) is 0 Å². The fraction of sp³-hybridized carbons (Fsp3) is 0.524. The number of carbonyl (C=O) groups is 1. The lowest BCUT2D eigenvalue weighted by atomic mass is 9.80. The van der Waals surface area contributed by atoms with Crippen LogP contribution in [0.4, 0.5) is 4.39 Å². The quantitative estimate of drug-likeness (QED) is 0.550. The first kappa shape index (κ1) is 20.5. The number of halogens is 1. The SMILES string of the molecule is CC(=O)NCCCNC1CC(c2nc(-n3nc(C(C)C)c4cccc(F)c43)no2)C1. The number of para-hydroxylation sites is 1. The maximum Gasteiger partial charge on any atom is 0.291 e. The Labute approximate surface area is 174 Å². The Morgan fingerprint density at radius 3 is 2.87 bits per heavy atom.